The maximum Gasteiger partial charge on any atom is 0.185 e. The third-order valence-electron chi connectivity index (χ3n) is 2.53. The highest BCUT2D eigenvalue weighted by atomic mass is 32.2. The van der Waals surface area contributed by atoms with E-state index < -0.39 is 0 Å². The molecule has 18 heavy (non-hydrogen) atoms. The van der Waals surface area contributed by atoms with Gasteiger partial charge in [0.1, 0.15) is 0 Å². The summed E-state index contributed by atoms with van der Waals surface area (Å²) < 4.78 is 0. The summed E-state index contributed by atoms with van der Waals surface area (Å²) in [6.45, 7) is 1.60. The minimum Gasteiger partial charge on any atom is -0.288 e. The molecule has 0 saturated heterocycles. The third kappa shape index (κ3) is 3.70. The van der Waals surface area contributed by atoms with Crippen LogP contribution in [0.4, 0.5) is 0 Å². The molecule has 0 atom stereocenters. The van der Waals surface area contributed by atoms with Crippen molar-refractivity contribution in [1.82, 2.24) is 4.98 Å². The fraction of sp³-hybridized carbons (Fsp3) is 0.200. The maximum atomic E-state index is 10.8. The van der Waals surface area contributed by atoms with Crippen LogP contribution in [-0.4, -0.2) is 15.9 Å². The van der Waals surface area contributed by atoms with E-state index in [9.17, 15) is 4.79 Å². The Kier molecular flexibility index (Phi) is 4.53. The predicted molar refractivity (Wildman–Crippen MR) is 78.5 cm³/mol. The average Bonchev–Trinajstić information content (AvgIpc) is 2.38. The number of benzene rings is 1. The van der Waals surface area contributed by atoms with E-state index in [-0.39, 0.29) is 5.12 Å². The summed E-state index contributed by atoms with van der Waals surface area (Å²) in [5.74, 6) is 0.845. The Balaban J connectivity index is 1.99. The molecule has 0 spiro atoms. The van der Waals surface area contributed by atoms with Crippen LogP contribution in [0.3, 0.4) is 0 Å². The molecule has 2 aromatic rings. The number of pyridine rings is 1. The first kappa shape index (κ1) is 12.8. The van der Waals surface area contributed by atoms with Crippen molar-refractivity contribution >= 4 is 33.9 Å². The molecule has 1 aromatic carbocycles. The monoisotopic (exact) mass is 257 g/mol. The molecule has 92 valence electrons. The Labute approximate surface area is 111 Å². The van der Waals surface area contributed by atoms with E-state index in [0.29, 0.717) is 0 Å². The normalized spacial score (nSPS) is 11.2. The molecular weight excluding hydrogens is 242 g/mol. The second-order valence-corrected chi connectivity index (χ2v) is 5.26. The van der Waals surface area contributed by atoms with Crippen LogP contribution in [0.15, 0.2) is 42.6 Å². The van der Waals surface area contributed by atoms with Gasteiger partial charge < -0.3 is 0 Å². The van der Waals surface area contributed by atoms with Gasteiger partial charge in [-0.1, -0.05) is 42.1 Å². The van der Waals surface area contributed by atoms with Crippen molar-refractivity contribution in [1.29, 1.82) is 0 Å². The van der Waals surface area contributed by atoms with Crippen LogP contribution >= 0.6 is 11.8 Å². The topological polar surface area (TPSA) is 30.0 Å². The van der Waals surface area contributed by atoms with Crippen molar-refractivity contribution in [2.75, 3.05) is 5.75 Å². The second kappa shape index (κ2) is 6.36. The Morgan fingerprint density at radius 1 is 1.39 bits per heavy atom. The molecule has 0 unspecified atom stereocenters. The lowest BCUT2D eigenvalue weighted by atomic mass is 10.1. The highest BCUT2D eigenvalue weighted by molar-refractivity contribution is 8.13. The van der Waals surface area contributed by atoms with Crippen LogP contribution in [0, 0.1) is 0 Å². The van der Waals surface area contributed by atoms with Crippen molar-refractivity contribution < 1.29 is 4.79 Å². The number of nitrogens with zero attached hydrogens (tertiary/aromatic N) is 1. The van der Waals surface area contributed by atoms with Crippen LogP contribution in [-0.2, 0) is 4.79 Å². The fourth-order valence-corrected chi connectivity index (χ4v) is 2.22. The van der Waals surface area contributed by atoms with E-state index in [1.807, 2.05) is 6.07 Å². The number of thioether (sulfide) groups is 1. The molecule has 0 amide bonds. The van der Waals surface area contributed by atoms with Crippen molar-refractivity contribution in [2.45, 2.75) is 13.3 Å². The Hall–Kier alpha value is -1.61. The second-order valence-electron chi connectivity index (χ2n) is 3.99. The van der Waals surface area contributed by atoms with Gasteiger partial charge in [0.05, 0.1) is 5.52 Å². The number of aromatic nitrogens is 1. The summed E-state index contributed by atoms with van der Waals surface area (Å²) in [6, 6.07) is 10.2. The minimum absolute atomic E-state index is 0.179. The van der Waals surface area contributed by atoms with Crippen LogP contribution in [0.1, 0.15) is 18.9 Å². The zero-order valence-electron chi connectivity index (χ0n) is 10.3. The number of hydrogen-bond acceptors (Lipinski definition) is 3. The number of rotatable bonds is 4. The van der Waals surface area contributed by atoms with Crippen LogP contribution < -0.4 is 0 Å². The van der Waals surface area contributed by atoms with E-state index >= 15 is 0 Å². The molecule has 0 aliphatic rings. The van der Waals surface area contributed by atoms with Crippen LogP contribution in [0.25, 0.3) is 17.0 Å². The zero-order valence-corrected chi connectivity index (χ0v) is 11.1. The van der Waals surface area contributed by atoms with Gasteiger partial charge in [-0.2, -0.15) is 0 Å². The highest BCUT2D eigenvalue weighted by Gasteiger charge is 1.94. The number of hydrogen-bond donors (Lipinski definition) is 0. The summed E-state index contributed by atoms with van der Waals surface area (Å²) in [6.07, 6.45) is 6.89. The van der Waals surface area contributed by atoms with Gasteiger partial charge in [0.25, 0.3) is 0 Å². The molecule has 0 N–H and O–H groups in total. The first-order valence-corrected chi connectivity index (χ1v) is 6.89. The summed E-state index contributed by atoms with van der Waals surface area (Å²) in [5.41, 5.74) is 2.16. The maximum absolute atomic E-state index is 10.8. The van der Waals surface area contributed by atoms with E-state index in [1.165, 1.54) is 11.8 Å². The van der Waals surface area contributed by atoms with Gasteiger partial charge in [-0.05, 0) is 24.1 Å². The Morgan fingerprint density at radius 3 is 3.11 bits per heavy atom. The summed E-state index contributed by atoms with van der Waals surface area (Å²) in [5, 5.41) is 1.33. The lowest BCUT2D eigenvalue weighted by Gasteiger charge is -1.98. The average molecular weight is 257 g/mol. The molecule has 1 heterocycles. The van der Waals surface area contributed by atoms with E-state index in [4.69, 9.17) is 0 Å². The Morgan fingerprint density at radius 2 is 2.28 bits per heavy atom. The minimum atomic E-state index is 0.179. The standard InChI is InChI=1S/C15H15NOS/c1-12(17)18-10-3-2-5-13-7-8-14-6-4-9-16-15(14)11-13/h2,4-9,11H,3,10H2,1H3. The molecule has 3 heteroatoms. The number of carbonyl (C=O) groups excluding carboxylic acids is 1. The van der Waals surface area contributed by atoms with Gasteiger partial charge in [-0.3, -0.25) is 9.78 Å². The molecule has 0 saturated carbocycles. The first-order valence-electron chi connectivity index (χ1n) is 5.90. The molecule has 0 radical (unpaired) electrons. The largest absolute Gasteiger partial charge is 0.288 e. The molecule has 2 nitrogen and oxygen atoms in total. The van der Waals surface area contributed by atoms with Crippen molar-refractivity contribution in [3.8, 4) is 0 Å². The SMILES string of the molecule is CC(=O)SCCC=Cc1ccc2cccnc2c1. The van der Waals surface area contributed by atoms with Gasteiger partial charge in [-0.15, -0.1) is 0 Å². The predicted octanol–water partition coefficient (Wildman–Crippen LogP) is 3.92. The van der Waals surface area contributed by atoms with Gasteiger partial charge in [0.2, 0.25) is 0 Å². The van der Waals surface area contributed by atoms with Gasteiger partial charge in [0, 0.05) is 24.3 Å². The van der Waals surface area contributed by atoms with Gasteiger partial charge in [-0.25, -0.2) is 0 Å². The summed E-state index contributed by atoms with van der Waals surface area (Å²) in [4.78, 5) is 15.1. The van der Waals surface area contributed by atoms with Crippen molar-refractivity contribution in [3.63, 3.8) is 0 Å². The van der Waals surface area contributed by atoms with Gasteiger partial charge >= 0.3 is 0 Å². The third-order valence-corrected chi connectivity index (χ3v) is 3.38. The zero-order chi connectivity index (χ0) is 12.8. The molecule has 0 bridgehead atoms. The summed E-state index contributed by atoms with van der Waals surface area (Å²) in [7, 11) is 0. The molecule has 0 aliphatic heterocycles. The molecule has 0 aliphatic carbocycles. The molecular formula is C15H15NOS. The van der Waals surface area contributed by atoms with Crippen molar-refractivity contribution in [3.05, 3.63) is 48.2 Å². The van der Waals surface area contributed by atoms with E-state index in [0.717, 1.165) is 28.6 Å². The summed E-state index contributed by atoms with van der Waals surface area (Å²) >= 11 is 1.37. The highest BCUT2D eigenvalue weighted by Crippen LogP contribution is 2.14. The van der Waals surface area contributed by atoms with E-state index in [1.54, 1.807) is 13.1 Å². The number of fused-ring (bicyclic) bond motifs is 1. The Bertz CT molecular complexity index is 577. The number of allylic oxidation sites excluding steroid dienone is 1. The van der Waals surface area contributed by atoms with Crippen LogP contribution in [0.5, 0.6) is 0 Å². The molecule has 1 aromatic heterocycles. The smallest absolute Gasteiger partial charge is 0.185 e. The van der Waals surface area contributed by atoms with Crippen LogP contribution in [0.2, 0.25) is 0 Å². The fourth-order valence-electron chi connectivity index (χ4n) is 1.68. The van der Waals surface area contributed by atoms with Crippen molar-refractivity contribution in [2.24, 2.45) is 0 Å². The van der Waals surface area contributed by atoms with E-state index in [2.05, 4.69) is 41.4 Å². The molecule has 2 rings (SSSR count). The first-order chi connectivity index (χ1) is 8.75. The quantitative estimate of drug-likeness (QED) is 0.778. The van der Waals surface area contributed by atoms with Gasteiger partial charge in [0.15, 0.2) is 5.12 Å². The molecule has 0 fully saturated rings. The lowest BCUT2D eigenvalue weighted by molar-refractivity contribution is -0.109. The lowest BCUT2D eigenvalue weighted by Crippen LogP contribution is -1.83. The number of carbonyl (C=O) groups is 1.